The number of nitrogens with zero attached hydrogens (tertiary/aromatic N) is 2. The summed E-state index contributed by atoms with van der Waals surface area (Å²) in [7, 11) is 0. The number of piperazine rings is 1. The predicted octanol–water partition coefficient (Wildman–Crippen LogP) is 4.14. The average Bonchev–Trinajstić information content (AvgIpc) is 2.90. The number of rotatable bonds is 10. The molecule has 0 aliphatic carbocycles. The normalized spacial score (nSPS) is 14.2. The fourth-order valence-corrected chi connectivity index (χ4v) is 4.22. The van der Waals surface area contributed by atoms with Crippen LogP contribution in [0.3, 0.4) is 0 Å². The average molecular weight is 487 g/mol. The maximum atomic E-state index is 12.6. The van der Waals surface area contributed by atoms with E-state index in [1.54, 1.807) is 36.4 Å². The van der Waals surface area contributed by atoms with E-state index in [1.807, 2.05) is 25.1 Å². The van der Waals surface area contributed by atoms with Gasteiger partial charge in [0.1, 0.15) is 5.75 Å². The number of hydrogen-bond donors (Lipinski definition) is 2. The molecule has 2 N–H and O–H groups in total. The monoisotopic (exact) mass is 486 g/mol. The van der Waals surface area contributed by atoms with Gasteiger partial charge < -0.3 is 20.3 Å². The van der Waals surface area contributed by atoms with Gasteiger partial charge in [-0.3, -0.25) is 14.5 Å². The van der Waals surface area contributed by atoms with Crippen LogP contribution < -0.4 is 15.4 Å². The van der Waals surface area contributed by atoms with Gasteiger partial charge in [0.05, 0.1) is 13.2 Å². The van der Waals surface area contributed by atoms with Gasteiger partial charge in [0.25, 0.3) is 5.91 Å². The molecule has 0 atom stereocenters. The highest BCUT2D eigenvalue weighted by Crippen LogP contribution is 2.17. The first-order chi connectivity index (χ1) is 17.6. The summed E-state index contributed by atoms with van der Waals surface area (Å²) in [5.74, 6) is 0.516. The van der Waals surface area contributed by atoms with Crippen LogP contribution in [0.25, 0.3) is 0 Å². The number of anilines is 2. The lowest BCUT2D eigenvalue weighted by atomic mass is 10.1. The van der Waals surface area contributed by atoms with Crippen LogP contribution in [0, 0.1) is 0 Å². The first kappa shape index (κ1) is 25.4. The Morgan fingerprint density at radius 1 is 0.778 bits per heavy atom. The van der Waals surface area contributed by atoms with Crippen LogP contribution in [-0.4, -0.2) is 67.5 Å². The van der Waals surface area contributed by atoms with Gasteiger partial charge in [0.15, 0.2) is 0 Å². The van der Waals surface area contributed by atoms with E-state index in [2.05, 4.69) is 44.7 Å². The highest BCUT2D eigenvalue weighted by molar-refractivity contribution is 6.04. The molecule has 1 heterocycles. The van der Waals surface area contributed by atoms with E-state index in [9.17, 15) is 9.59 Å². The maximum absolute atomic E-state index is 12.6. The van der Waals surface area contributed by atoms with Crippen molar-refractivity contribution in [2.24, 2.45) is 0 Å². The minimum Gasteiger partial charge on any atom is -0.494 e. The Bertz CT molecular complexity index is 1110. The van der Waals surface area contributed by atoms with Crippen LogP contribution in [-0.2, 0) is 11.2 Å². The number of amides is 2. The second-order valence-electron chi connectivity index (χ2n) is 8.89. The fraction of sp³-hybridized carbons (Fsp3) is 0.310. The molecule has 1 aliphatic heterocycles. The first-order valence-electron chi connectivity index (χ1n) is 12.5. The van der Waals surface area contributed by atoms with Crippen molar-refractivity contribution in [3.05, 3.63) is 90.0 Å². The van der Waals surface area contributed by atoms with Crippen LogP contribution in [0.15, 0.2) is 78.9 Å². The largest absolute Gasteiger partial charge is 0.494 e. The van der Waals surface area contributed by atoms with Crippen LogP contribution in [0.2, 0.25) is 0 Å². The van der Waals surface area contributed by atoms with Crippen molar-refractivity contribution in [1.82, 2.24) is 9.80 Å². The molecule has 4 rings (SSSR count). The van der Waals surface area contributed by atoms with Crippen molar-refractivity contribution in [3.8, 4) is 5.75 Å². The molecule has 0 aromatic heterocycles. The molecule has 7 nitrogen and oxygen atoms in total. The number of ether oxygens (including phenoxy) is 1. The summed E-state index contributed by atoms with van der Waals surface area (Å²) in [5, 5.41) is 5.81. The molecule has 36 heavy (non-hydrogen) atoms. The molecule has 2 amide bonds. The Kier molecular flexibility index (Phi) is 9.08. The van der Waals surface area contributed by atoms with E-state index in [0.29, 0.717) is 30.1 Å². The van der Waals surface area contributed by atoms with Gasteiger partial charge in [-0.2, -0.15) is 0 Å². The quantitative estimate of drug-likeness (QED) is 0.451. The van der Waals surface area contributed by atoms with Gasteiger partial charge >= 0.3 is 0 Å². The molecule has 1 aliphatic rings. The molecule has 0 saturated carbocycles. The zero-order chi connectivity index (χ0) is 25.2. The Labute approximate surface area is 213 Å². The highest BCUT2D eigenvalue weighted by Gasteiger charge is 2.19. The first-order valence-corrected chi connectivity index (χ1v) is 12.5. The van der Waals surface area contributed by atoms with E-state index < -0.39 is 0 Å². The van der Waals surface area contributed by atoms with Crippen molar-refractivity contribution in [2.45, 2.75) is 13.3 Å². The zero-order valence-corrected chi connectivity index (χ0v) is 20.8. The summed E-state index contributed by atoms with van der Waals surface area (Å²) in [5.41, 5.74) is 3.26. The molecular formula is C29H34N4O3. The molecule has 3 aromatic carbocycles. The summed E-state index contributed by atoms with van der Waals surface area (Å²) in [6.07, 6.45) is 1.05. The number of benzene rings is 3. The van der Waals surface area contributed by atoms with Gasteiger partial charge in [-0.15, -0.1) is 0 Å². The van der Waals surface area contributed by atoms with Crippen molar-refractivity contribution in [2.75, 3.05) is 56.5 Å². The van der Waals surface area contributed by atoms with Crippen LogP contribution in [0.4, 0.5) is 11.4 Å². The Morgan fingerprint density at radius 2 is 1.39 bits per heavy atom. The lowest BCUT2D eigenvalue weighted by molar-refractivity contribution is -0.117. The SMILES string of the molecule is CCOc1ccc(NC(=O)c2ccc(NC(=O)CN3CCN(CCc4ccccc4)CC3)cc2)cc1. The molecule has 0 radical (unpaired) electrons. The van der Waals surface area contributed by atoms with E-state index in [0.717, 1.165) is 44.9 Å². The lowest BCUT2D eigenvalue weighted by Crippen LogP contribution is -2.49. The van der Waals surface area contributed by atoms with Crippen molar-refractivity contribution < 1.29 is 14.3 Å². The van der Waals surface area contributed by atoms with Gasteiger partial charge in [-0.05, 0) is 67.4 Å². The molecule has 0 bridgehead atoms. The number of carbonyl (C=O) groups is 2. The molecule has 3 aromatic rings. The molecule has 1 fully saturated rings. The van der Waals surface area contributed by atoms with E-state index in [1.165, 1.54) is 5.56 Å². The highest BCUT2D eigenvalue weighted by atomic mass is 16.5. The summed E-state index contributed by atoms with van der Waals surface area (Å²) < 4.78 is 5.42. The standard InChI is InChI=1S/C29H34N4O3/c1-2-36-27-14-12-26(13-15-27)31-29(35)24-8-10-25(11-9-24)30-28(34)22-33-20-18-32(19-21-33)17-16-23-6-4-3-5-7-23/h3-15H,2,16-22H2,1H3,(H,30,34)(H,31,35). The molecule has 0 unspecified atom stereocenters. The number of hydrogen-bond acceptors (Lipinski definition) is 5. The van der Waals surface area contributed by atoms with Crippen molar-refractivity contribution in [3.63, 3.8) is 0 Å². The lowest BCUT2D eigenvalue weighted by Gasteiger charge is -2.34. The van der Waals surface area contributed by atoms with Gasteiger partial charge in [0.2, 0.25) is 5.91 Å². The smallest absolute Gasteiger partial charge is 0.255 e. The fourth-order valence-electron chi connectivity index (χ4n) is 4.22. The molecule has 0 spiro atoms. The zero-order valence-electron chi connectivity index (χ0n) is 20.8. The maximum Gasteiger partial charge on any atom is 0.255 e. The van der Waals surface area contributed by atoms with Crippen LogP contribution >= 0.6 is 0 Å². The Hall–Kier alpha value is -3.68. The summed E-state index contributed by atoms with van der Waals surface area (Å²) in [6.45, 7) is 7.64. The second kappa shape index (κ2) is 12.9. The number of carbonyl (C=O) groups excluding carboxylic acids is 2. The van der Waals surface area contributed by atoms with Crippen molar-refractivity contribution >= 4 is 23.2 Å². The molecule has 188 valence electrons. The minimum atomic E-state index is -0.206. The summed E-state index contributed by atoms with van der Waals surface area (Å²) in [4.78, 5) is 29.7. The Balaban J connectivity index is 1.18. The summed E-state index contributed by atoms with van der Waals surface area (Å²) in [6, 6.07) is 24.7. The minimum absolute atomic E-state index is 0.0423. The van der Waals surface area contributed by atoms with Crippen LogP contribution in [0.1, 0.15) is 22.8 Å². The van der Waals surface area contributed by atoms with E-state index in [4.69, 9.17) is 4.74 Å². The molecule has 1 saturated heterocycles. The van der Waals surface area contributed by atoms with Gasteiger partial charge in [-0.25, -0.2) is 0 Å². The summed E-state index contributed by atoms with van der Waals surface area (Å²) >= 11 is 0. The third kappa shape index (κ3) is 7.66. The van der Waals surface area contributed by atoms with Crippen LogP contribution in [0.5, 0.6) is 5.75 Å². The molecule has 7 heteroatoms. The third-order valence-electron chi connectivity index (χ3n) is 6.25. The predicted molar refractivity (Wildman–Crippen MR) is 144 cm³/mol. The number of nitrogens with one attached hydrogen (secondary N) is 2. The molecular weight excluding hydrogens is 452 g/mol. The van der Waals surface area contributed by atoms with Crippen molar-refractivity contribution in [1.29, 1.82) is 0 Å². The third-order valence-corrected chi connectivity index (χ3v) is 6.25. The van der Waals surface area contributed by atoms with E-state index >= 15 is 0 Å². The van der Waals surface area contributed by atoms with Gasteiger partial charge in [0, 0.05) is 49.7 Å². The topological polar surface area (TPSA) is 73.9 Å². The second-order valence-corrected chi connectivity index (χ2v) is 8.89. The van der Waals surface area contributed by atoms with E-state index in [-0.39, 0.29) is 11.8 Å². The van der Waals surface area contributed by atoms with Gasteiger partial charge in [-0.1, -0.05) is 30.3 Å². The Morgan fingerprint density at radius 3 is 2.06 bits per heavy atom.